The Labute approximate surface area is 154 Å². The Balaban J connectivity index is 1.70. The molecule has 6 nitrogen and oxygen atoms in total. The number of aromatic nitrogens is 1. The van der Waals surface area contributed by atoms with Crippen LogP contribution < -0.4 is 10.1 Å². The summed E-state index contributed by atoms with van der Waals surface area (Å²) in [5, 5.41) is 3.08. The lowest BCUT2D eigenvalue weighted by Crippen LogP contribution is -2.49. The SMILES string of the molecule is COc1ccc(CNC(=O)C(c2cccnc2)N2CCN(C)CC2)cc1. The van der Waals surface area contributed by atoms with Gasteiger partial charge in [-0.2, -0.15) is 0 Å². The van der Waals surface area contributed by atoms with Crippen molar-refractivity contribution >= 4 is 5.91 Å². The fraction of sp³-hybridized carbons (Fsp3) is 0.400. The zero-order valence-electron chi connectivity index (χ0n) is 15.4. The Morgan fingerprint density at radius 3 is 2.54 bits per heavy atom. The van der Waals surface area contributed by atoms with Gasteiger partial charge >= 0.3 is 0 Å². The minimum atomic E-state index is -0.310. The predicted molar refractivity (Wildman–Crippen MR) is 101 cm³/mol. The molecule has 6 heteroatoms. The number of carbonyl (C=O) groups is 1. The van der Waals surface area contributed by atoms with Crippen molar-refractivity contribution in [1.29, 1.82) is 0 Å². The second-order valence-electron chi connectivity index (χ2n) is 6.59. The Hall–Kier alpha value is -2.44. The third-order valence-corrected chi connectivity index (χ3v) is 4.78. The quantitative estimate of drug-likeness (QED) is 0.856. The molecule has 1 N–H and O–H groups in total. The number of hydrogen-bond donors (Lipinski definition) is 1. The molecule has 0 bridgehead atoms. The van der Waals surface area contributed by atoms with Crippen LogP contribution in [-0.2, 0) is 11.3 Å². The summed E-state index contributed by atoms with van der Waals surface area (Å²) in [5.41, 5.74) is 1.98. The van der Waals surface area contributed by atoms with Crippen LogP contribution in [0.15, 0.2) is 48.8 Å². The van der Waals surface area contributed by atoms with E-state index in [1.165, 1.54) is 0 Å². The Bertz CT molecular complexity index is 698. The molecule has 1 atom stereocenters. The number of piperazine rings is 1. The number of carbonyl (C=O) groups excluding carboxylic acids is 1. The highest BCUT2D eigenvalue weighted by Crippen LogP contribution is 2.22. The molecule has 138 valence electrons. The predicted octanol–water partition coefficient (Wildman–Crippen LogP) is 1.70. The van der Waals surface area contributed by atoms with Gasteiger partial charge < -0.3 is 15.0 Å². The molecule has 0 radical (unpaired) electrons. The Morgan fingerprint density at radius 2 is 1.92 bits per heavy atom. The molecule has 1 saturated heterocycles. The van der Waals surface area contributed by atoms with Crippen LogP contribution in [-0.4, -0.2) is 61.0 Å². The van der Waals surface area contributed by atoms with Crippen LogP contribution in [0, 0.1) is 0 Å². The van der Waals surface area contributed by atoms with Crippen LogP contribution in [0.1, 0.15) is 17.2 Å². The Kier molecular flexibility index (Phi) is 6.20. The lowest BCUT2D eigenvalue weighted by Gasteiger charge is -2.37. The van der Waals surface area contributed by atoms with Crippen molar-refractivity contribution in [3.8, 4) is 5.75 Å². The van der Waals surface area contributed by atoms with Crippen molar-refractivity contribution < 1.29 is 9.53 Å². The fourth-order valence-electron chi connectivity index (χ4n) is 3.18. The van der Waals surface area contributed by atoms with Crippen LogP contribution in [0.2, 0.25) is 0 Å². The van der Waals surface area contributed by atoms with E-state index in [1.54, 1.807) is 19.5 Å². The maximum absolute atomic E-state index is 13.0. The van der Waals surface area contributed by atoms with Crippen molar-refractivity contribution in [2.24, 2.45) is 0 Å². The van der Waals surface area contributed by atoms with E-state index < -0.39 is 0 Å². The van der Waals surface area contributed by atoms with Gasteiger partial charge in [0.25, 0.3) is 0 Å². The molecule has 1 aliphatic heterocycles. The van der Waals surface area contributed by atoms with E-state index in [-0.39, 0.29) is 11.9 Å². The molecular formula is C20H26N4O2. The van der Waals surface area contributed by atoms with Gasteiger partial charge in [0.05, 0.1) is 7.11 Å². The van der Waals surface area contributed by atoms with Gasteiger partial charge in [0, 0.05) is 45.1 Å². The van der Waals surface area contributed by atoms with E-state index in [4.69, 9.17) is 4.74 Å². The standard InChI is InChI=1S/C20H26N4O2/c1-23-10-12-24(13-11-23)19(17-4-3-9-21-15-17)20(25)22-14-16-5-7-18(26-2)8-6-16/h3-9,15,19H,10-14H2,1-2H3,(H,22,25). The number of amides is 1. The molecule has 1 aliphatic rings. The highest BCUT2D eigenvalue weighted by molar-refractivity contribution is 5.83. The summed E-state index contributed by atoms with van der Waals surface area (Å²) in [6, 6.07) is 11.3. The summed E-state index contributed by atoms with van der Waals surface area (Å²) in [5.74, 6) is 0.823. The van der Waals surface area contributed by atoms with E-state index >= 15 is 0 Å². The third kappa shape index (κ3) is 4.59. The maximum atomic E-state index is 13.0. The first-order valence-electron chi connectivity index (χ1n) is 8.90. The number of nitrogens with zero attached hydrogens (tertiary/aromatic N) is 3. The molecule has 0 spiro atoms. The van der Waals surface area contributed by atoms with Gasteiger partial charge in [-0.15, -0.1) is 0 Å². The highest BCUT2D eigenvalue weighted by atomic mass is 16.5. The normalized spacial score (nSPS) is 16.8. The van der Waals surface area contributed by atoms with E-state index in [1.807, 2.05) is 36.4 Å². The zero-order valence-corrected chi connectivity index (χ0v) is 15.4. The molecule has 3 rings (SSSR count). The second-order valence-corrected chi connectivity index (χ2v) is 6.59. The molecule has 2 heterocycles. The van der Waals surface area contributed by atoms with Gasteiger partial charge in [-0.25, -0.2) is 0 Å². The van der Waals surface area contributed by atoms with Crippen molar-refractivity contribution in [1.82, 2.24) is 20.1 Å². The number of likely N-dealkylation sites (N-methyl/N-ethyl adjacent to an activating group) is 1. The van der Waals surface area contributed by atoms with Gasteiger partial charge in [0.2, 0.25) is 5.91 Å². The number of ether oxygens (including phenoxy) is 1. The molecule has 2 aromatic rings. The van der Waals surface area contributed by atoms with Crippen molar-refractivity contribution in [2.45, 2.75) is 12.6 Å². The van der Waals surface area contributed by atoms with Crippen LogP contribution in [0.3, 0.4) is 0 Å². The summed E-state index contributed by atoms with van der Waals surface area (Å²) >= 11 is 0. The van der Waals surface area contributed by atoms with Crippen LogP contribution in [0.5, 0.6) is 5.75 Å². The van der Waals surface area contributed by atoms with Crippen LogP contribution >= 0.6 is 0 Å². The second kappa shape index (κ2) is 8.78. The first kappa shape index (κ1) is 18.4. The molecule has 1 unspecified atom stereocenters. The first-order chi connectivity index (χ1) is 12.7. The van der Waals surface area contributed by atoms with Crippen molar-refractivity contribution in [3.63, 3.8) is 0 Å². The smallest absolute Gasteiger partial charge is 0.242 e. The summed E-state index contributed by atoms with van der Waals surface area (Å²) in [7, 11) is 3.76. The summed E-state index contributed by atoms with van der Waals surface area (Å²) in [6.07, 6.45) is 3.52. The van der Waals surface area contributed by atoms with E-state index in [0.29, 0.717) is 6.54 Å². The molecule has 1 fully saturated rings. The molecular weight excluding hydrogens is 328 g/mol. The van der Waals surface area contributed by atoms with Crippen molar-refractivity contribution in [3.05, 3.63) is 59.9 Å². The average Bonchev–Trinajstić information content (AvgIpc) is 2.69. The number of benzene rings is 1. The topological polar surface area (TPSA) is 57.7 Å². The number of nitrogens with one attached hydrogen (secondary N) is 1. The van der Waals surface area contributed by atoms with E-state index in [0.717, 1.165) is 43.1 Å². The molecule has 0 saturated carbocycles. The minimum Gasteiger partial charge on any atom is -0.497 e. The van der Waals surface area contributed by atoms with Crippen LogP contribution in [0.4, 0.5) is 0 Å². The fourth-order valence-corrected chi connectivity index (χ4v) is 3.18. The first-order valence-corrected chi connectivity index (χ1v) is 8.90. The van der Waals surface area contributed by atoms with Gasteiger partial charge in [-0.3, -0.25) is 14.7 Å². The zero-order chi connectivity index (χ0) is 18.4. The molecule has 1 amide bonds. The average molecular weight is 354 g/mol. The van der Waals surface area contributed by atoms with Crippen LogP contribution in [0.25, 0.3) is 0 Å². The number of hydrogen-bond acceptors (Lipinski definition) is 5. The highest BCUT2D eigenvalue weighted by Gasteiger charge is 2.29. The number of rotatable bonds is 6. The Morgan fingerprint density at radius 1 is 1.19 bits per heavy atom. The molecule has 1 aromatic carbocycles. The van der Waals surface area contributed by atoms with Gasteiger partial charge in [0.1, 0.15) is 11.8 Å². The van der Waals surface area contributed by atoms with Gasteiger partial charge in [-0.05, 0) is 36.4 Å². The van der Waals surface area contributed by atoms with Gasteiger partial charge in [0.15, 0.2) is 0 Å². The third-order valence-electron chi connectivity index (χ3n) is 4.78. The monoisotopic (exact) mass is 354 g/mol. The lowest BCUT2D eigenvalue weighted by molar-refractivity contribution is -0.127. The molecule has 1 aromatic heterocycles. The summed E-state index contributed by atoms with van der Waals surface area (Å²) < 4.78 is 5.17. The summed E-state index contributed by atoms with van der Waals surface area (Å²) in [6.45, 7) is 4.15. The molecule has 0 aliphatic carbocycles. The van der Waals surface area contributed by atoms with E-state index in [2.05, 4.69) is 27.1 Å². The van der Waals surface area contributed by atoms with Crippen molar-refractivity contribution in [2.75, 3.05) is 40.3 Å². The number of methoxy groups -OCH3 is 1. The maximum Gasteiger partial charge on any atom is 0.242 e. The van der Waals surface area contributed by atoms with Gasteiger partial charge in [-0.1, -0.05) is 18.2 Å². The number of pyridine rings is 1. The summed E-state index contributed by atoms with van der Waals surface area (Å²) in [4.78, 5) is 21.7. The lowest BCUT2D eigenvalue weighted by atomic mass is 10.1. The minimum absolute atomic E-state index is 0.0124. The largest absolute Gasteiger partial charge is 0.497 e. The van der Waals surface area contributed by atoms with E-state index in [9.17, 15) is 4.79 Å². The molecule has 26 heavy (non-hydrogen) atoms.